The van der Waals surface area contributed by atoms with Gasteiger partial charge in [-0.2, -0.15) is 0 Å². The van der Waals surface area contributed by atoms with Crippen LogP contribution in [0.25, 0.3) is 30.6 Å². The number of carbonyl (C=O) groups is 6. The molecule has 0 aliphatic carbocycles. The quantitative estimate of drug-likeness (QED) is 0.0564. The van der Waals surface area contributed by atoms with Gasteiger partial charge in [-0.1, -0.05) is 36.4 Å². The molecule has 0 spiro atoms. The van der Waals surface area contributed by atoms with Crippen molar-refractivity contribution in [3.05, 3.63) is 135 Å². The molecule has 26 heteroatoms. The fourth-order valence-electron chi connectivity index (χ4n) is 12.5. The molecule has 5 aromatic carbocycles. The number of methoxy groups -OCH3 is 4. The number of benzene rings is 5. The van der Waals surface area contributed by atoms with Gasteiger partial charge in [0.15, 0.2) is 23.0 Å². The lowest BCUT2D eigenvalue weighted by molar-refractivity contribution is -0.111. The molecule has 0 unspecified atom stereocenters. The summed E-state index contributed by atoms with van der Waals surface area (Å²) in [6.07, 6.45) is 7.46. The number of aromatic nitrogens is 3. The zero-order valence-corrected chi connectivity index (χ0v) is 64.1. The molecule has 3 aromatic heterocycles. The first-order chi connectivity index (χ1) is 49.2. The lowest BCUT2D eigenvalue weighted by Gasteiger charge is -2.32. The summed E-state index contributed by atoms with van der Waals surface area (Å²) in [5.41, 5.74) is 2.48. The van der Waals surface area contributed by atoms with E-state index in [9.17, 15) is 28.8 Å². The smallest absolute Gasteiger partial charge is 0.410 e. The minimum atomic E-state index is -0.583. The zero-order valence-electron chi connectivity index (χ0n) is 61.6. The van der Waals surface area contributed by atoms with Crippen LogP contribution in [-0.2, 0) is 38.6 Å². The third-order valence-electron chi connectivity index (χ3n) is 17.3. The number of fused-ring (bicyclic) bond motifs is 3. The van der Waals surface area contributed by atoms with Gasteiger partial charge in [-0.05, 0) is 193 Å². The second-order valence-electron chi connectivity index (χ2n) is 28.6. The molecule has 554 valence electrons. The number of carbonyl (C=O) groups excluding carboxylic acids is 6. The van der Waals surface area contributed by atoms with Crippen molar-refractivity contribution >= 4 is 101 Å². The first kappa shape index (κ1) is 78.4. The summed E-state index contributed by atoms with van der Waals surface area (Å²) >= 11 is 4.93. The van der Waals surface area contributed by atoms with Crippen LogP contribution in [0.3, 0.4) is 0 Å². The average Bonchev–Trinajstić information content (AvgIpc) is 0.914. The molecule has 103 heavy (non-hydrogen) atoms. The van der Waals surface area contributed by atoms with Crippen molar-refractivity contribution in [1.82, 2.24) is 50.1 Å². The number of likely N-dealkylation sites (tertiary alicyclic amines) is 3. The van der Waals surface area contributed by atoms with Crippen LogP contribution in [0.2, 0.25) is 0 Å². The number of nitrogens with one attached hydrogen (secondary N) is 2. The maximum atomic E-state index is 13.8. The van der Waals surface area contributed by atoms with Crippen LogP contribution in [0.5, 0.6) is 23.0 Å². The van der Waals surface area contributed by atoms with Crippen molar-refractivity contribution in [2.24, 2.45) is 0 Å². The fourth-order valence-corrected chi connectivity index (χ4v) is 15.4. The maximum absolute atomic E-state index is 13.8. The molecule has 4 fully saturated rings. The summed E-state index contributed by atoms with van der Waals surface area (Å²) < 4.78 is 41.2. The Labute approximate surface area is 616 Å². The van der Waals surface area contributed by atoms with E-state index in [-0.39, 0.29) is 48.2 Å². The summed E-state index contributed by atoms with van der Waals surface area (Å²) in [4.78, 5) is 97.4. The summed E-state index contributed by atoms with van der Waals surface area (Å²) in [6, 6.07) is 34.7. The fraction of sp³-hybridized carbons (Fsp3) is 0.494. The number of aldehydes is 1. The van der Waals surface area contributed by atoms with Crippen LogP contribution in [0.15, 0.2) is 109 Å². The van der Waals surface area contributed by atoms with Crippen LogP contribution in [0, 0.1) is 0 Å². The number of amides is 5. The van der Waals surface area contributed by atoms with Gasteiger partial charge in [0.2, 0.25) is 0 Å². The zero-order chi connectivity index (χ0) is 74.0. The Kier molecular flexibility index (Phi) is 27.5. The number of ether oxygens (including phenoxy) is 7. The Balaban J connectivity index is 0.000000167. The molecule has 4 aliphatic heterocycles. The van der Waals surface area contributed by atoms with E-state index in [0.717, 1.165) is 125 Å². The van der Waals surface area contributed by atoms with E-state index in [4.69, 9.17) is 43.1 Å². The SMILES string of the molecule is CC(C)(C)OC(=O)N1CCC[C@H]1C=O.CC(C)(C)OC(=O)N1CCC[C@H]1CNCc1nc2ccccc2s1.COc1ccc(C(=O)N(Cc2nc3ccccc3s2)C[C@@H]2CCCN2)cc1OC.COc1ccc(C(=O)N(Cc2nc3ccccc3s2)C[C@@H]2CCCN2C(=O)OC(C)(C)C)cc1OC. The molecule has 23 nitrogen and oxygen atoms in total. The number of thiazole rings is 3. The summed E-state index contributed by atoms with van der Waals surface area (Å²) in [5.74, 6) is 2.01. The number of nitrogens with zero attached hydrogens (tertiary/aromatic N) is 8. The van der Waals surface area contributed by atoms with E-state index in [0.29, 0.717) is 79.4 Å². The van der Waals surface area contributed by atoms with Crippen molar-refractivity contribution in [3.63, 3.8) is 0 Å². The topological polar surface area (TPSA) is 246 Å². The number of rotatable bonds is 19. The van der Waals surface area contributed by atoms with Gasteiger partial charge in [0.25, 0.3) is 11.8 Å². The van der Waals surface area contributed by atoms with E-state index in [1.54, 1.807) is 109 Å². The first-order valence-corrected chi connectivity index (χ1v) is 37.6. The minimum Gasteiger partial charge on any atom is -0.493 e. The molecule has 0 radical (unpaired) electrons. The highest BCUT2D eigenvalue weighted by Gasteiger charge is 2.37. The van der Waals surface area contributed by atoms with Crippen LogP contribution in [0.1, 0.15) is 149 Å². The summed E-state index contributed by atoms with van der Waals surface area (Å²) in [5, 5.41) is 9.81. The standard InChI is InChI=1S/C27H33N3O5S.C22H25N3O3S.C18H25N3O2S.C10H17NO3/c1-27(2,3)35-26(32)30-14-8-9-19(30)16-29(17-24-28-20-10-6-7-11-23(20)36-24)25(31)18-12-13-21(33-4)22(15-18)34-5;1-27-18-10-9-15(12-19(18)28-2)22(26)25(13-16-6-5-11-23-16)14-21-24-17-7-3-4-8-20(17)29-21;1-18(2,3)23-17(22)21-10-6-7-13(21)11-19-12-16-20-14-8-4-5-9-15(14)24-16;1-10(2,3)14-9(13)11-6-4-5-8(11)7-12/h6-7,10-13,15,19H,8-9,14,16-17H2,1-5H3;3-4,7-10,12,16,23H,5-6,11,13-14H2,1-2H3;4-5,8-9,13,19H,6-7,10-12H2,1-3H3;7-8H,4-6H2,1-3H3/t19-;16-;13-;8-/m0000/s1. The van der Waals surface area contributed by atoms with Crippen molar-refractivity contribution in [3.8, 4) is 23.0 Å². The largest absolute Gasteiger partial charge is 0.493 e. The van der Waals surface area contributed by atoms with Crippen LogP contribution in [-0.4, -0.2) is 191 Å². The van der Waals surface area contributed by atoms with E-state index in [1.165, 1.54) is 9.60 Å². The summed E-state index contributed by atoms with van der Waals surface area (Å²) in [6.45, 7) is 23.1. The lowest BCUT2D eigenvalue weighted by atomic mass is 10.1. The Morgan fingerprint density at radius 2 is 0.913 bits per heavy atom. The normalized spacial score (nSPS) is 17.3. The lowest BCUT2D eigenvalue weighted by Crippen LogP contribution is -2.46. The molecule has 4 atom stereocenters. The van der Waals surface area contributed by atoms with Gasteiger partial charge in [0, 0.05) is 69.0 Å². The van der Waals surface area contributed by atoms with Gasteiger partial charge >= 0.3 is 18.3 Å². The van der Waals surface area contributed by atoms with Gasteiger partial charge in [-0.25, -0.2) is 29.3 Å². The predicted molar refractivity (Wildman–Crippen MR) is 404 cm³/mol. The van der Waals surface area contributed by atoms with E-state index >= 15 is 0 Å². The third kappa shape index (κ3) is 22.4. The van der Waals surface area contributed by atoms with Crippen molar-refractivity contribution < 1.29 is 61.9 Å². The van der Waals surface area contributed by atoms with Gasteiger partial charge in [0.1, 0.15) is 38.1 Å². The molecule has 7 heterocycles. The number of para-hydroxylation sites is 3. The predicted octanol–water partition coefficient (Wildman–Crippen LogP) is 14.4. The van der Waals surface area contributed by atoms with Crippen molar-refractivity contribution in [2.45, 2.75) is 174 Å². The van der Waals surface area contributed by atoms with Crippen LogP contribution >= 0.6 is 34.0 Å². The highest BCUT2D eigenvalue weighted by molar-refractivity contribution is 7.19. The molecule has 12 rings (SSSR count). The minimum absolute atomic E-state index is 0.0288. The van der Waals surface area contributed by atoms with E-state index in [2.05, 4.69) is 27.8 Å². The second-order valence-corrected chi connectivity index (χ2v) is 32.0. The number of hydrogen-bond acceptors (Lipinski definition) is 21. The molecule has 4 aliphatic rings. The maximum Gasteiger partial charge on any atom is 0.410 e. The third-order valence-corrected chi connectivity index (χ3v) is 20.4. The Hall–Kier alpha value is -8.69. The number of hydrogen-bond donors (Lipinski definition) is 2. The van der Waals surface area contributed by atoms with Crippen LogP contribution in [0.4, 0.5) is 14.4 Å². The average molecular weight is 1470 g/mol. The Morgan fingerprint density at radius 1 is 0.505 bits per heavy atom. The van der Waals surface area contributed by atoms with Gasteiger partial charge in [0.05, 0.1) is 84.3 Å². The van der Waals surface area contributed by atoms with Crippen molar-refractivity contribution in [2.75, 3.05) is 74.3 Å². The molecule has 0 bridgehead atoms. The molecule has 5 amide bonds. The molecule has 0 saturated carbocycles. The highest BCUT2D eigenvalue weighted by Crippen LogP contribution is 2.33. The Bertz CT molecular complexity index is 4060. The molecule has 8 aromatic rings. The van der Waals surface area contributed by atoms with Crippen LogP contribution < -0.4 is 29.6 Å². The molecule has 2 N–H and O–H groups in total. The van der Waals surface area contributed by atoms with Gasteiger partial charge < -0.3 is 68.2 Å². The first-order valence-electron chi connectivity index (χ1n) is 35.2. The highest BCUT2D eigenvalue weighted by atomic mass is 32.1. The van der Waals surface area contributed by atoms with E-state index < -0.39 is 16.8 Å². The van der Waals surface area contributed by atoms with Crippen molar-refractivity contribution in [1.29, 1.82) is 0 Å². The molecular formula is C77H100N10O13S3. The van der Waals surface area contributed by atoms with Gasteiger partial charge in [-0.15, -0.1) is 34.0 Å². The summed E-state index contributed by atoms with van der Waals surface area (Å²) in [7, 11) is 6.27. The monoisotopic (exact) mass is 1470 g/mol. The second kappa shape index (κ2) is 36.1. The Morgan fingerprint density at radius 3 is 1.35 bits per heavy atom. The van der Waals surface area contributed by atoms with E-state index in [1.807, 2.05) is 133 Å². The molecule has 4 saturated heterocycles. The van der Waals surface area contributed by atoms with Gasteiger partial charge in [-0.3, -0.25) is 14.5 Å². The molecular weight excluding hydrogens is 1370 g/mol.